The van der Waals surface area contributed by atoms with Gasteiger partial charge in [0.15, 0.2) is 5.67 Å². The summed E-state index contributed by atoms with van der Waals surface area (Å²) in [5, 5.41) is 0. The van der Waals surface area contributed by atoms with Gasteiger partial charge in [-0.05, 0) is 25.8 Å². The number of alkyl halides is 1. The van der Waals surface area contributed by atoms with E-state index in [-0.39, 0.29) is 5.91 Å². The lowest BCUT2D eigenvalue weighted by molar-refractivity contribution is -0.146. The highest BCUT2D eigenvalue weighted by Gasteiger charge is 2.44. The van der Waals surface area contributed by atoms with E-state index in [0.717, 1.165) is 43.8 Å². The number of nitrogens with zero attached hydrogens (tertiary/aromatic N) is 2. The van der Waals surface area contributed by atoms with Crippen LogP contribution in [0.3, 0.4) is 0 Å². The Labute approximate surface area is 143 Å². The largest absolute Gasteiger partial charge is 0.494 e. The van der Waals surface area contributed by atoms with Crippen LogP contribution >= 0.6 is 0 Å². The standard InChI is InChI=1S/C19H27FN2O2/c1-2-24-17-8-4-3-7-16(17)15-21-13-9-19(20,10-14-21)18(23)22-11-5-6-12-22/h3-4,7-8H,2,5-6,9-15H2,1H3. The lowest BCUT2D eigenvalue weighted by atomic mass is 9.91. The predicted octanol–water partition coefficient (Wildman–Crippen LogP) is 3.01. The lowest BCUT2D eigenvalue weighted by Crippen LogP contribution is -2.51. The van der Waals surface area contributed by atoms with E-state index in [9.17, 15) is 4.79 Å². The molecule has 0 aliphatic carbocycles. The van der Waals surface area contributed by atoms with Crippen molar-refractivity contribution in [1.82, 2.24) is 9.80 Å². The van der Waals surface area contributed by atoms with Crippen LogP contribution < -0.4 is 4.74 Å². The Morgan fingerprint density at radius 1 is 1.17 bits per heavy atom. The zero-order valence-electron chi connectivity index (χ0n) is 14.5. The smallest absolute Gasteiger partial charge is 0.260 e. The number of para-hydroxylation sites is 1. The molecule has 1 aromatic carbocycles. The van der Waals surface area contributed by atoms with Crippen molar-refractivity contribution in [2.45, 2.75) is 44.8 Å². The zero-order valence-corrected chi connectivity index (χ0v) is 14.5. The minimum absolute atomic E-state index is 0.283. The molecular weight excluding hydrogens is 307 g/mol. The van der Waals surface area contributed by atoms with Gasteiger partial charge in [0, 0.05) is 51.1 Å². The first kappa shape index (κ1) is 17.2. The molecule has 5 heteroatoms. The maximum absolute atomic E-state index is 15.1. The van der Waals surface area contributed by atoms with Crippen molar-refractivity contribution in [1.29, 1.82) is 0 Å². The van der Waals surface area contributed by atoms with Gasteiger partial charge >= 0.3 is 0 Å². The fourth-order valence-corrected chi connectivity index (χ4v) is 3.65. The van der Waals surface area contributed by atoms with E-state index >= 15 is 4.39 Å². The zero-order chi connectivity index (χ0) is 17.0. The van der Waals surface area contributed by atoms with Crippen LogP contribution in [0.25, 0.3) is 0 Å². The van der Waals surface area contributed by atoms with Crippen LogP contribution in [0, 0.1) is 0 Å². The highest BCUT2D eigenvalue weighted by Crippen LogP contribution is 2.31. The Morgan fingerprint density at radius 3 is 2.50 bits per heavy atom. The van der Waals surface area contributed by atoms with E-state index in [0.29, 0.717) is 32.5 Å². The normalized spacial score (nSPS) is 21.0. The second-order valence-corrected chi connectivity index (χ2v) is 6.78. The average Bonchev–Trinajstić information content (AvgIpc) is 3.13. The van der Waals surface area contributed by atoms with E-state index in [1.54, 1.807) is 4.90 Å². The fourth-order valence-electron chi connectivity index (χ4n) is 3.65. The van der Waals surface area contributed by atoms with Gasteiger partial charge in [0.1, 0.15) is 5.75 Å². The van der Waals surface area contributed by atoms with Crippen LogP contribution in [0.5, 0.6) is 5.75 Å². The summed E-state index contributed by atoms with van der Waals surface area (Å²) in [4.78, 5) is 16.4. The monoisotopic (exact) mass is 334 g/mol. The topological polar surface area (TPSA) is 32.8 Å². The van der Waals surface area contributed by atoms with Gasteiger partial charge in [0.25, 0.3) is 5.91 Å². The Hall–Kier alpha value is -1.62. The molecule has 1 amide bonds. The Morgan fingerprint density at radius 2 is 1.83 bits per heavy atom. The van der Waals surface area contributed by atoms with Gasteiger partial charge in [-0.25, -0.2) is 4.39 Å². The first-order valence-electron chi connectivity index (χ1n) is 9.04. The van der Waals surface area contributed by atoms with Gasteiger partial charge < -0.3 is 9.64 Å². The van der Waals surface area contributed by atoms with Crippen molar-refractivity contribution in [3.8, 4) is 5.75 Å². The highest BCUT2D eigenvalue weighted by atomic mass is 19.1. The van der Waals surface area contributed by atoms with Crippen molar-refractivity contribution in [2.24, 2.45) is 0 Å². The van der Waals surface area contributed by atoms with E-state index in [1.807, 2.05) is 25.1 Å². The number of carbonyl (C=O) groups is 1. The molecule has 0 N–H and O–H groups in total. The van der Waals surface area contributed by atoms with Gasteiger partial charge in [-0.3, -0.25) is 9.69 Å². The Kier molecular flexibility index (Phi) is 5.39. The summed E-state index contributed by atoms with van der Waals surface area (Å²) in [7, 11) is 0. The third kappa shape index (κ3) is 3.72. The molecule has 132 valence electrons. The number of rotatable bonds is 5. The van der Waals surface area contributed by atoms with Crippen LogP contribution in [0.15, 0.2) is 24.3 Å². The summed E-state index contributed by atoms with van der Waals surface area (Å²) in [6.45, 7) is 6.00. The van der Waals surface area contributed by atoms with E-state index in [2.05, 4.69) is 11.0 Å². The van der Waals surface area contributed by atoms with E-state index < -0.39 is 5.67 Å². The highest BCUT2D eigenvalue weighted by molar-refractivity contribution is 5.85. The summed E-state index contributed by atoms with van der Waals surface area (Å²) in [6.07, 6.45) is 2.59. The Balaban J connectivity index is 1.58. The van der Waals surface area contributed by atoms with Gasteiger partial charge in [-0.1, -0.05) is 18.2 Å². The predicted molar refractivity (Wildman–Crippen MR) is 91.8 cm³/mol. The maximum Gasteiger partial charge on any atom is 0.260 e. The second-order valence-electron chi connectivity index (χ2n) is 6.78. The molecule has 2 fully saturated rings. The van der Waals surface area contributed by atoms with E-state index in [1.165, 1.54) is 0 Å². The number of likely N-dealkylation sites (tertiary alicyclic amines) is 2. The molecule has 24 heavy (non-hydrogen) atoms. The first-order valence-corrected chi connectivity index (χ1v) is 9.04. The van der Waals surface area contributed by atoms with Crippen molar-refractivity contribution >= 4 is 5.91 Å². The Bertz CT molecular complexity index is 564. The number of benzene rings is 1. The number of hydrogen-bond donors (Lipinski definition) is 0. The number of ether oxygens (including phenoxy) is 1. The summed E-state index contributed by atoms with van der Waals surface area (Å²) in [5.74, 6) is 0.611. The van der Waals surface area contributed by atoms with Crippen LogP contribution in [-0.2, 0) is 11.3 Å². The molecule has 0 spiro atoms. The van der Waals surface area contributed by atoms with Gasteiger partial charge in [0.05, 0.1) is 6.61 Å². The van der Waals surface area contributed by atoms with Gasteiger partial charge in [-0.15, -0.1) is 0 Å². The third-order valence-electron chi connectivity index (χ3n) is 5.09. The molecule has 0 unspecified atom stereocenters. The quantitative estimate of drug-likeness (QED) is 0.830. The average molecular weight is 334 g/mol. The molecule has 3 rings (SSSR count). The molecule has 0 atom stereocenters. The third-order valence-corrected chi connectivity index (χ3v) is 5.09. The van der Waals surface area contributed by atoms with Gasteiger partial charge in [-0.2, -0.15) is 0 Å². The second kappa shape index (κ2) is 7.51. The SMILES string of the molecule is CCOc1ccccc1CN1CCC(F)(C(=O)N2CCCC2)CC1. The molecule has 0 aromatic heterocycles. The van der Waals surface area contributed by atoms with Gasteiger partial charge in [0.2, 0.25) is 0 Å². The van der Waals surface area contributed by atoms with Crippen molar-refractivity contribution in [3.63, 3.8) is 0 Å². The fraction of sp³-hybridized carbons (Fsp3) is 0.632. The summed E-state index contributed by atoms with van der Waals surface area (Å²) < 4.78 is 20.8. The van der Waals surface area contributed by atoms with Crippen LogP contribution in [0.4, 0.5) is 4.39 Å². The first-order chi connectivity index (χ1) is 11.6. The van der Waals surface area contributed by atoms with Crippen molar-refractivity contribution < 1.29 is 13.9 Å². The number of amides is 1. The van der Waals surface area contributed by atoms with E-state index in [4.69, 9.17) is 4.74 Å². The van der Waals surface area contributed by atoms with Crippen molar-refractivity contribution in [2.75, 3.05) is 32.8 Å². The lowest BCUT2D eigenvalue weighted by Gasteiger charge is -2.37. The minimum atomic E-state index is -1.67. The van der Waals surface area contributed by atoms with Crippen LogP contribution in [-0.4, -0.2) is 54.2 Å². The molecule has 0 saturated carbocycles. The molecule has 0 radical (unpaired) electrons. The molecule has 2 aliphatic rings. The van der Waals surface area contributed by atoms with Crippen molar-refractivity contribution in [3.05, 3.63) is 29.8 Å². The molecule has 2 heterocycles. The summed E-state index contributed by atoms with van der Waals surface area (Å²) >= 11 is 0. The number of carbonyl (C=O) groups excluding carboxylic acids is 1. The molecule has 0 bridgehead atoms. The molecule has 1 aromatic rings. The maximum atomic E-state index is 15.1. The summed E-state index contributed by atoms with van der Waals surface area (Å²) in [5.41, 5.74) is -0.545. The van der Waals surface area contributed by atoms with Crippen LogP contribution in [0.1, 0.15) is 38.2 Å². The van der Waals surface area contributed by atoms with Crippen LogP contribution in [0.2, 0.25) is 0 Å². The minimum Gasteiger partial charge on any atom is -0.494 e. The number of hydrogen-bond acceptors (Lipinski definition) is 3. The summed E-state index contributed by atoms with van der Waals surface area (Å²) in [6, 6.07) is 7.99. The molecule has 4 nitrogen and oxygen atoms in total. The molecular formula is C19H27FN2O2. The molecule has 2 saturated heterocycles. The molecule has 2 aliphatic heterocycles. The number of piperidine rings is 1. The number of halogens is 1.